The molecule has 0 saturated heterocycles. The molecule has 0 aromatic carbocycles. The molecule has 0 bridgehead atoms. The Morgan fingerprint density at radius 3 is 1.88 bits per heavy atom. The maximum absolute atomic E-state index is 10.3. The molecular weight excluding hydrogens is 107 g/mol. The van der Waals surface area contributed by atoms with Crippen molar-refractivity contribution in [3.05, 3.63) is 0 Å². The van der Waals surface area contributed by atoms with Crippen LogP contribution in [0.15, 0.2) is 0 Å². The van der Waals surface area contributed by atoms with E-state index in [9.17, 15) is 4.79 Å². The van der Waals surface area contributed by atoms with E-state index in [2.05, 4.69) is 0 Å². The van der Waals surface area contributed by atoms with Crippen LogP contribution in [-0.2, 0) is 4.79 Å². The van der Waals surface area contributed by atoms with Crippen LogP contribution in [0.1, 0.15) is 27.2 Å². The Morgan fingerprint density at radius 1 is 1.50 bits per heavy atom. The van der Waals surface area contributed by atoms with Gasteiger partial charge in [0.15, 0.2) is 0 Å². The van der Waals surface area contributed by atoms with Crippen LogP contribution in [0.3, 0.4) is 0 Å². The molecule has 0 saturated carbocycles. The van der Waals surface area contributed by atoms with E-state index in [4.69, 9.17) is 0 Å². The Labute approximate surface area is 49.5 Å². The van der Waals surface area contributed by atoms with Crippen LogP contribution in [0.4, 0.5) is 4.70 Å². The molecule has 0 heterocycles. The molecule has 0 aromatic heterocycles. The summed E-state index contributed by atoms with van der Waals surface area (Å²) in [6, 6.07) is 0. The zero-order valence-corrected chi connectivity index (χ0v) is 5.60. The van der Waals surface area contributed by atoms with Gasteiger partial charge in [-0.15, -0.1) is 0 Å². The van der Waals surface area contributed by atoms with Crippen molar-refractivity contribution >= 4 is 5.78 Å². The number of halogens is 1. The summed E-state index contributed by atoms with van der Waals surface area (Å²) in [6.45, 7) is 5.71. The number of carbonyl (C=O) groups is 1. The molecule has 1 nitrogen and oxygen atoms in total. The van der Waals surface area contributed by atoms with Crippen molar-refractivity contribution in [2.45, 2.75) is 27.2 Å². The van der Waals surface area contributed by atoms with Gasteiger partial charge < -0.3 is 4.79 Å². The Kier molecular flexibility index (Phi) is 6.27. The van der Waals surface area contributed by atoms with E-state index in [1.54, 1.807) is 6.92 Å². The third kappa shape index (κ3) is 9.14. The first-order valence-electron chi connectivity index (χ1n) is 2.62. The molecule has 0 unspecified atom stereocenters. The molecule has 0 aromatic rings. The smallest absolute Gasteiger partial charge is 0.130 e. The highest BCUT2D eigenvalue weighted by Gasteiger charge is 1.95. The highest BCUT2D eigenvalue weighted by Crippen LogP contribution is 1.97. The van der Waals surface area contributed by atoms with Gasteiger partial charge in [0, 0.05) is 6.42 Å². The van der Waals surface area contributed by atoms with Crippen LogP contribution >= 0.6 is 0 Å². The summed E-state index contributed by atoms with van der Waals surface area (Å²) in [7, 11) is 0. The molecule has 0 amide bonds. The van der Waals surface area contributed by atoms with Gasteiger partial charge in [-0.25, -0.2) is 0 Å². The third-order valence-corrected chi connectivity index (χ3v) is 0.696. The normalized spacial score (nSPS) is 8.50. The molecule has 0 N–H and O–H groups in total. The van der Waals surface area contributed by atoms with Gasteiger partial charge in [0.2, 0.25) is 0 Å². The Balaban J connectivity index is 0. The van der Waals surface area contributed by atoms with E-state index in [-0.39, 0.29) is 10.5 Å². The monoisotopic (exact) mass is 120 g/mol. The summed E-state index contributed by atoms with van der Waals surface area (Å²) in [5.74, 6) is 0.813. The summed E-state index contributed by atoms with van der Waals surface area (Å²) in [6.07, 6.45) is 0.722. The zero-order chi connectivity index (χ0) is 5.86. The average molecular weight is 120 g/mol. The highest BCUT2D eigenvalue weighted by molar-refractivity contribution is 5.75. The first-order chi connectivity index (χ1) is 3.13. The lowest BCUT2D eigenvalue weighted by molar-refractivity contribution is -0.117. The molecule has 0 rings (SSSR count). The molecule has 0 radical (unpaired) electrons. The van der Waals surface area contributed by atoms with Crippen molar-refractivity contribution in [1.29, 1.82) is 0 Å². The Bertz CT molecular complexity index is 68.9. The Hall–Kier alpha value is -0.400. The molecule has 0 aliphatic rings. The minimum absolute atomic E-state index is 0. The standard InChI is InChI=1S/C6H12O.FH/c1-5(2)4-6(3)7;/h5H,4H2,1-3H3;1H. The van der Waals surface area contributed by atoms with Crippen molar-refractivity contribution in [2.24, 2.45) is 5.92 Å². The fourth-order valence-corrected chi connectivity index (χ4v) is 0.575. The lowest BCUT2D eigenvalue weighted by atomic mass is 10.1. The quantitative estimate of drug-likeness (QED) is 0.542. The predicted octanol–water partition coefficient (Wildman–Crippen LogP) is 1.77. The maximum Gasteiger partial charge on any atom is 0.130 e. The van der Waals surface area contributed by atoms with E-state index in [1.165, 1.54) is 0 Å². The van der Waals surface area contributed by atoms with E-state index in [0.29, 0.717) is 5.92 Å². The second-order valence-corrected chi connectivity index (χ2v) is 2.30. The largest absolute Gasteiger partial charge is 0.300 e. The third-order valence-electron chi connectivity index (χ3n) is 0.696. The van der Waals surface area contributed by atoms with Crippen LogP contribution in [0.2, 0.25) is 0 Å². The number of hydrogen-bond acceptors (Lipinski definition) is 1. The van der Waals surface area contributed by atoms with Gasteiger partial charge >= 0.3 is 0 Å². The molecule has 0 spiro atoms. The van der Waals surface area contributed by atoms with Gasteiger partial charge in [-0.1, -0.05) is 13.8 Å². The van der Waals surface area contributed by atoms with Gasteiger partial charge in [0.25, 0.3) is 0 Å². The van der Waals surface area contributed by atoms with E-state index >= 15 is 0 Å². The second kappa shape index (κ2) is 4.75. The van der Waals surface area contributed by atoms with Crippen molar-refractivity contribution in [2.75, 3.05) is 0 Å². The van der Waals surface area contributed by atoms with Gasteiger partial charge in [-0.3, -0.25) is 4.70 Å². The lowest BCUT2D eigenvalue weighted by Gasteiger charge is -1.95. The summed E-state index contributed by atoms with van der Waals surface area (Å²) < 4.78 is 0. The van der Waals surface area contributed by atoms with Crippen molar-refractivity contribution in [3.63, 3.8) is 0 Å². The summed E-state index contributed by atoms with van der Waals surface area (Å²) >= 11 is 0. The van der Waals surface area contributed by atoms with E-state index < -0.39 is 0 Å². The fourth-order valence-electron chi connectivity index (χ4n) is 0.575. The van der Waals surface area contributed by atoms with Crippen molar-refractivity contribution in [3.8, 4) is 0 Å². The molecule has 0 aliphatic heterocycles. The number of ketones is 1. The highest BCUT2D eigenvalue weighted by atomic mass is 19.0. The molecule has 0 fully saturated rings. The molecule has 2 heteroatoms. The molecular formula is C6H13FO. The summed E-state index contributed by atoms with van der Waals surface area (Å²) in [5.41, 5.74) is 0. The Morgan fingerprint density at radius 2 is 1.88 bits per heavy atom. The summed E-state index contributed by atoms with van der Waals surface area (Å²) in [5, 5.41) is 0. The van der Waals surface area contributed by atoms with Crippen molar-refractivity contribution in [1.82, 2.24) is 0 Å². The number of rotatable bonds is 2. The lowest BCUT2D eigenvalue weighted by Crippen LogP contribution is -1.95. The SMILES string of the molecule is CC(=O)CC(C)C.F. The summed E-state index contributed by atoms with van der Waals surface area (Å²) in [4.78, 5) is 10.3. The zero-order valence-electron chi connectivity index (χ0n) is 5.60. The number of Topliss-reactive ketones (excluding diaryl/α,β-unsaturated/α-hetero) is 1. The first kappa shape index (κ1) is 10.6. The topological polar surface area (TPSA) is 17.1 Å². The predicted molar refractivity (Wildman–Crippen MR) is 32.6 cm³/mol. The minimum atomic E-state index is 0. The first-order valence-corrected chi connectivity index (χ1v) is 2.62. The van der Waals surface area contributed by atoms with Crippen LogP contribution < -0.4 is 0 Å². The van der Waals surface area contributed by atoms with E-state index in [1.807, 2.05) is 13.8 Å². The van der Waals surface area contributed by atoms with Gasteiger partial charge in [-0.2, -0.15) is 0 Å². The van der Waals surface area contributed by atoms with Gasteiger partial charge in [-0.05, 0) is 12.8 Å². The van der Waals surface area contributed by atoms with Crippen LogP contribution in [0, 0.1) is 5.92 Å². The molecule has 50 valence electrons. The fraction of sp³-hybridized carbons (Fsp3) is 0.833. The molecule has 0 aliphatic carbocycles. The van der Waals surface area contributed by atoms with Crippen LogP contribution in [-0.4, -0.2) is 5.78 Å². The molecule has 0 atom stereocenters. The average Bonchev–Trinajstić information content (AvgIpc) is 1.27. The maximum atomic E-state index is 10.3. The van der Waals surface area contributed by atoms with Crippen molar-refractivity contribution < 1.29 is 9.50 Å². The van der Waals surface area contributed by atoms with Gasteiger partial charge in [0.1, 0.15) is 5.78 Å². The van der Waals surface area contributed by atoms with E-state index in [0.717, 1.165) is 6.42 Å². The second-order valence-electron chi connectivity index (χ2n) is 2.30. The minimum Gasteiger partial charge on any atom is -0.300 e. The van der Waals surface area contributed by atoms with Crippen LogP contribution in [0.25, 0.3) is 0 Å². The van der Waals surface area contributed by atoms with Crippen LogP contribution in [0.5, 0.6) is 0 Å². The number of hydrogen-bond donors (Lipinski definition) is 0. The molecule has 8 heavy (non-hydrogen) atoms. The van der Waals surface area contributed by atoms with Gasteiger partial charge in [0.05, 0.1) is 0 Å². The number of carbonyl (C=O) groups excluding carboxylic acids is 1.